The molecule has 0 unspecified atom stereocenters. The average molecular weight is 214 g/mol. The van der Waals surface area contributed by atoms with Crippen molar-refractivity contribution in [1.82, 2.24) is 0 Å². The Labute approximate surface area is 90.0 Å². The van der Waals surface area contributed by atoms with Crippen LogP contribution in [0.5, 0.6) is 0 Å². The third-order valence-corrected chi connectivity index (χ3v) is 3.91. The van der Waals surface area contributed by atoms with Crippen LogP contribution in [0, 0.1) is 11.8 Å². The van der Waals surface area contributed by atoms with Gasteiger partial charge in [-0.1, -0.05) is 20.8 Å². The molecule has 2 nitrogen and oxygen atoms in total. The largest absolute Gasteiger partial charge is 0.412 e. The predicted octanol–water partition coefficient (Wildman–Crippen LogP) is 2.25. The molecule has 3 heteroatoms. The first-order valence-electron chi connectivity index (χ1n) is 5.32. The van der Waals surface area contributed by atoms with Crippen LogP contribution in [0.2, 0.25) is 5.04 Å². The molecule has 0 aromatic rings. The van der Waals surface area contributed by atoms with Crippen LogP contribution in [0.1, 0.15) is 41.0 Å². The van der Waals surface area contributed by atoms with Crippen molar-refractivity contribution in [3.05, 3.63) is 0 Å². The molecule has 1 N–H and O–H groups in total. The Morgan fingerprint density at radius 1 is 1.29 bits per heavy atom. The highest BCUT2D eigenvalue weighted by atomic mass is 28.2. The van der Waals surface area contributed by atoms with Gasteiger partial charge in [-0.3, -0.25) is 0 Å². The zero-order valence-electron chi connectivity index (χ0n) is 9.92. The second-order valence-corrected chi connectivity index (χ2v) is 7.75. The van der Waals surface area contributed by atoms with Gasteiger partial charge in [0, 0.05) is 6.61 Å². The zero-order chi connectivity index (χ0) is 11.0. The zero-order valence-corrected chi connectivity index (χ0v) is 10.9. The summed E-state index contributed by atoms with van der Waals surface area (Å²) in [7, 11) is 0.535. The van der Waals surface area contributed by atoms with Gasteiger partial charge in [-0.05, 0) is 37.1 Å². The summed E-state index contributed by atoms with van der Waals surface area (Å²) in [5, 5.41) is 9.27. The van der Waals surface area contributed by atoms with E-state index >= 15 is 0 Å². The van der Waals surface area contributed by atoms with Gasteiger partial charge < -0.3 is 9.53 Å². The fraction of sp³-hybridized carbons (Fsp3) is 1.00. The molecule has 1 rings (SSSR count). The highest BCUT2D eigenvalue weighted by Gasteiger charge is 2.48. The molecule has 2 atom stereocenters. The van der Waals surface area contributed by atoms with Gasteiger partial charge >= 0.3 is 0 Å². The van der Waals surface area contributed by atoms with Crippen LogP contribution in [0.25, 0.3) is 0 Å². The van der Waals surface area contributed by atoms with Crippen LogP contribution in [0.3, 0.4) is 0 Å². The molecule has 1 aliphatic carbocycles. The highest BCUT2D eigenvalue weighted by molar-refractivity contribution is 6.31. The maximum atomic E-state index is 9.01. The number of hydrogen-bond acceptors (Lipinski definition) is 2. The van der Waals surface area contributed by atoms with Crippen molar-refractivity contribution in [2.24, 2.45) is 11.8 Å². The van der Waals surface area contributed by atoms with Crippen molar-refractivity contribution in [1.29, 1.82) is 0 Å². The molecule has 0 bridgehead atoms. The summed E-state index contributed by atoms with van der Waals surface area (Å²) in [6.45, 7) is 11.2. The summed E-state index contributed by atoms with van der Waals surface area (Å²) in [5.41, 5.74) is -0.0564. The molecule has 0 aromatic heterocycles. The molecule has 1 saturated carbocycles. The van der Waals surface area contributed by atoms with Gasteiger partial charge in [-0.2, -0.15) is 0 Å². The Balaban J connectivity index is 2.36. The molecule has 0 amide bonds. The van der Waals surface area contributed by atoms with E-state index in [1.807, 2.05) is 0 Å². The van der Waals surface area contributed by atoms with E-state index in [0.29, 0.717) is 28.2 Å². The number of rotatable bonds is 4. The minimum atomic E-state index is -0.0564. The maximum absolute atomic E-state index is 9.01. The number of aliphatic hydroxyl groups is 1. The molecule has 0 saturated heterocycles. The Bertz CT molecular complexity index is 196. The lowest BCUT2D eigenvalue weighted by atomic mass is 10.0. The normalized spacial score (nSPS) is 27.9. The van der Waals surface area contributed by atoms with E-state index < -0.39 is 0 Å². The van der Waals surface area contributed by atoms with Crippen LogP contribution < -0.4 is 0 Å². The smallest absolute Gasteiger partial charge is 0.236 e. The molecule has 0 aromatic carbocycles. The standard InChI is InChI=1S/C11H22O2Si/c1-10(2,3)14-13-11(4,5)9-6-8(9)7-12/h8-9,12H,6-7H2,1-5H3/t8-,9+/m0/s1. The molecule has 1 fully saturated rings. The number of aliphatic hydroxyl groups excluding tert-OH is 1. The summed E-state index contributed by atoms with van der Waals surface area (Å²) in [5.74, 6) is 1.04. The average Bonchev–Trinajstić information content (AvgIpc) is 2.78. The Morgan fingerprint density at radius 2 is 1.86 bits per heavy atom. The second-order valence-electron chi connectivity index (χ2n) is 5.84. The molecule has 82 valence electrons. The molecule has 1 aliphatic rings. The van der Waals surface area contributed by atoms with Gasteiger partial charge in [-0.15, -0.1) is 0 Å². The molecule has 0 aliphatic heterocycles. The minimum Gasteiger partial charge on any atom is -0.412 e. The third-order valence-electron chi connectivity index (χ3n) is 2.67. The van der Waals surface area contributed by atoms with Gasteiger partial charge in [-0.25, -0.2) is 0 Å². The molecule has 2 radical (unpaired) electrons. The first kappa shape index (κ1) is 12.2. The topological polar surface area (TPSA) is 29.5 Å². The quantitative estimate of drug-likeness (QED) is 0.727. The van der Waals surface area contributed by atoms with E-state index in [2.05, 4.69) is 34.6 Å². The summed E-state index contributed by atoms with van der Waals surface area (Å²) < 4.78 is 5.97. The van der Waals surface area contributed by atoms with E-state index in [1.54, 1.807) is 0 Å². The van der Waals surface area contributed by atoms with Gasteiger partial charge in [0.05, 0.1) is 5.60 Å². The van der Waals surface area contributed by atoms with Crippen molar-refractivity contribution in [2.75, 3.05) is 6.61 Å². The van der Waals surface area contributed by atoms with Gasteiger partial charge in [0.1, 0.15) is 0 Å². The fourth-order valence-electron chi connectivity index (χ4n) is 1.66. The highest BCUT2D eigenvalue weighted by Crippen LogP contribution is 2.47. The molecule has 0 heterocycles. The minimum absolute atomic E-state index is 0.0564. The van der Waals surface area contributed by atoms with E-state index in [9.17, 15) is 0 Å². The predicted molar refractivity (Wildman–Crippen MR) is 59.3 cm³/mol. The summed E-state index contributed by atoms with van der Waals surface area (Å²) in [6.07, 6.45) is 1.12. The first-order valence-corrected chi connectivity index (χ1v) is 6.23. The maximum Gasteiger partial charge on any atom is 0.236 e. The van der Waals surface area contributed by atoms with Crippen LogP contribution >= 0.6 is 0 Å². The van der Waals surface area contributed by atoms with Crippen LogP contribution in [-0.2, 0) is 4.43 Å². The molecule has 14 heavy (non-hydrogen) atoms. The Kier molecular flexibility index (Phi) is 3.44. The monoisotopic (exact) mass is 214 g/mol. The lowest BCUT2D eigenvalue weighted by molar-refractivity contribution is 0.0739. The molecular weight excluding hydrogens is 192 g/mol. The van der Waals surface area contributed by atoms with Crippen LogP contribution in [-0.4, -0.2) is 27.1 Å². The van der Waals surface area contributed by atoms with Crippen LogP contribution in [0.15, 0.2) is 0 Å². The first-order chi connectivity index (χ1) is 6.26. The van der Waals surface area contributed by atoms with Gasteiger partial charge in [0.15, 0.2) is 0 Å². The molecular formula is C11H22O2Si. The molecule has 0 spiro atoms. The van der Waals surface area contributed by atoms with E-state index in [1.165, 1.54) is 0 Å². The van der Waals surface area contributed by atoms with Crippen molar-refractivity contribution in [3.63, 3.8) is 0 Å². The van der Waals surface area contributed by atoms with Gasteiger partial charge in [0.25, 0.3) is 0 Å². The lowest BCUT2D eigenvalue weighted by Crippen LogP contribution is -2.32. The van der Waals surface area contributed by atoms with Crippen molar-refractivity contribution in [2.45, 2.75) is 51.7 Å². The van der Waals surface area contributed by atoms with Crippen molar-refractivity contribution < 1.29 is 9.53 Å². The fourth-order valence-corrected chi connectivity index (χ4v) is 2.38. The van der Waals surface area contributed by atoms with Gasteiger partial charge in [0.2, 0.25) is 9.76 Å². The second kappa shape index (κ2) is 3.95. The van der Waals surface area contributed by atoms with Crippen molar-refractivity contribution >= 4 is 9.76 Å². The van der Waals surface area contributed by atoms with E-state index in [4.69, 9.17) is 9.53 Å². The number of hydrogen-bond donors (Lipinski definition) is 1. The lowest BCUT2D eigenvalue weighted by Gasteiger charge is -2.29. The Hall–Kier alpha value is 0.137. The van der Waals surface area contributed by atoms with E-state index in [0.717, 1.165) is 6.42 Å². The summed E-state index contributed by atoms with van der Waals surface area (Å²) in [4.78, 5) is 0. The summed E-state index contributed by atoms with van der Waals surface area (Å²) in [6, 6.07) is 0. The third kappa shape index (κ3) is 3.37. The van der Waals surface area contributed by atoms with E-state index in [-0.39, 0.29) is 10.6 Å². The summed E-state index contributed by atoms with van der Waals surface area (Å²) >= 11 is 0. The van der Waals surface area contributed by atoms with Crippen molar-refractivity contribution in [3.8, 4) is 0 Å². The van der Waals surface area contributed by atoms with Crippen LogP contribution in [0.4, 0.5) is 0 Å². The SMILES string of the molecule is CC(C)(C)[Si]OC(C)(C)[C@@H]1C[C@H]1CO. The Morgan fingerprint density at radius 3 is 2.21 bits per heavy atom.